The molecule has 0 radical (unpaired) electrons. The summed E-state index contributed by atoms with van der Waals surface area (Å²) in [7, 11) is 0. The standard InChI is InChI=1S/C14H15N3O/c1-7-5-8(2)12-11(6-7)16-14(17-12)13-9(3)15-10(4)18-13/h5-6H,1-4H3,(H,16,17). The summed E-state index contributed by atoms with van der Waals surface area (Å²) in [6.07, 6.45) is 0. The predicted octanol–water partition coefficient (Wildman–Crippen LogP) is 3.45. The Morgan fingerprint density at radius 2 is 1.83 bits per heavy atom. The molecule has 0 unspecified atom stereocenters. The maximum atomic E-state index is 5.60. The smallest absolute Gasteiger partial charge is 0.192 e. The van der Waals surface area contributed by atoms with Crippen LogP contribution in [0.5, 0.6) is 0 Å². The first-order chi connectivity index (χ1) is 8.54. The molecule has 0 spiro atoms. The zero-order valence-corrected chi connectivity index (χ0v) is 11.0. The summed E-state index contributed by atoms with van der Waals surface area (Å²) in [6, 6.07) is 4.23. The third-order valence-electron chi connectivity index (χ3n) is 3.04. The fraction of sp³-hybridized carbons (Fsp3) is 0.286. The molecule has 2 heterocycles. The topological polar surface area (TPSA) is 54.7 Å². The molecule has 3 rings (SSSR count). The van der Waals surface area contributed by atoms with Crippen molar-refractivity contribution >= 4 is 11.0 Å². The quantitative estimate of drug-likeness (QED) is 0.710. The van der Waals surface area contributed by atoms with E-state index in [1.807, 2.05) is 13.8 Å². The summed E-state index contributed by atoms with van der Waals surface area (Å²) in [6.45, 7) is 7.92. The Morgan fingerprint density at radius 3 is 2.50 bits per heavy atom. The van der Waals surface area contributed by atoms with Gasteiger partial charge in [0.15, 0.2) is 17.5 Å². The zero-order valence-electron chi connectivity index (χ0n) is 11.0. The van der Waals surface area contributed by atoms with Crippen LogP contribution in [-0.4, -0.2) is 15.0 Å². The number of fused-ring (bicyclic) bond motifs is 1. The van der Waals surface area contributed by atoms with Gasteiger partial charge in [0.1, 0.15) is 0 Å². The van der Waals surface area contributed by atoms with Gasteiger partial charge in [0, 0.05) is 6.92 Å². The summed E-state index contributed by atoms with van der Waals surface area (Å²) in [4.78, 5) is 12.2. The van der Waals surface area contributed by atoms with Gasteiger partial charge in [-0.15, -0.1) is 0 Å². The van der Waals surface area contributed by atoms with Gasteiger partial charge in [-0.3, -0.25) is 0 Å². The van der Waals surface area contributed by atoms with Gasteiger partial charge in [-0.25, -0.2) is 9.97 Å². The monoisotopic (exact) mass is 241 g/mol. The van der Waals surface area contributed by atoms with E-state index in [1.165, 1.54) is 11.1 Å². The van der Waals surface area contributed by atoms with Gasteiger partial charge >= 0.3 is 0 Å². The number of nitrogens with zero attached hydrogens (tertiary/aromatic N) is 2. The Kier molecular flexibility index (Phi) is 2.26. The van der Waals surface area contributed by atoms with E-state index >= 15 is 0 Å². The number of rotatable bonds is 1. The average Bonchev–Trinajstić information content (AvgIpc) is 2.81. The Bertz CT molecular complexity index is 737. The molecule has 2 aromatic heterocycles. The van der Waals surface area contributed by atoms with Crippen LogP contribution in [0.2, 0.25) is 0 Å². The Balaban J connectivity index is 2.25. The lowest BCUT2D eigenvalue weighted by Crippen LogP contribution is -1.81. The SMILES string of the molecule is Cc1cc(C)c2nc(-c3oc(C)nc3C)[nH]c2c1. The molecule has 18 heavy (non-hydrogen) atoms. The van der Waals surface area contributed by atoms with Gasteiger partial charge in [-0.1, -0.05) is 6.07 Å². The molecule has 1 aromatic carbocycles. The van der Waals surface area contributed by atoms with E-state index in [0.717, 1.165) is 28.3 Å². The van der Waals surface area contributed by atoms with E-state index in [1.54, 1.807) is 0 Å². The molecule has 1 N–H and O–H groups in total. The lowest BCUT2D eigenvalue weighted by Gasteiger charge is -1.96. The first-order valence-corrected chi connectivity index (χ1v) is 5.96. The Morgan fingerprint density at radius 1 is 1.06 bits per heavy atom. The van der Waals surface area contributed by atoms with Crippen molar-refractivity contribution in [2.24, 2.45) is 0 Å². The van der Waals surface area contributed by atoms with Crippen LogP contribution in [0.1, 0.15) is 22.7 Å². The van der Waals surface area contributed by atoms with Crippen molar-refractivity contribution in [3.63, 3.8) is 0 Å². The average molecular weight is 241 g/mol. The highest BCUT2D eigenvalue weighted by atomic mass is 16.4. The Hall–Kier alpha value is -2.10. The molecule has 0 aliphatic rings. The van der Waals surface area contributed by atoms with E-state index < -0.39 is 0 Å². The number of hydrogen-bond donors (Lipinski definition) is 1. The van der Waals surface area contributed by atoms with E-state index in [2.05, 4.69) is 40.9 Å². The number of imidazole rings is 1. The van der Waals surface area contributed by atoms with Gasteiger partial charge in [0.2, 0.25) is 0 Å². The van der Waals surface area contributed by atoms with Crippen LogP contribution in [-0.2, 0) is 0 Å². The van der Waals surface area contributed by atoms with E-state index in [9.17, 15) is 0 Å². The minimum absolute atomic E-state index is 0.663. The fourth-order valence-electron chi connectivity index (χ4n) is 2.33. The second kappa shape index (κ2) is 3.70. The van der Waals surface area contributed by atoms with Crippen LogP contribution in [0.4, 0.5) is 0 Å². The van der Waals surface area contributed by atoms with Crippen molar-refractivity contribution in [2.75, 3.05) is 0 Å². The second-order valence-electron chi connectivity index (χ2n) is 4.71. The van der Waals surface area contributed by atoms with Crippen LogP contribution in [0.15, 0.2) is 16.5 Å². The molecule has 0 fully saturated rings. The zero-order chi connectivity index (χ0) is 12.9. The minimum Gasteiger partial charge on any atom is -0.437 e. The van der Waals surface area contributed by atoms with Crippen molar-refractivity contribution in [3.05, 3.63) is 34.8 Å². The second-order valence-corrected chi connectivity index (χ2v) is 4.71. The van der Waals surface area contributed by atoms with Crippen LogP contribution in [0, 0.1) is 27.7 Å². The molecule has 0 bridgehead atoms. The van der Waals surface area contributed by atoms with Crippen LogP contribution in [0.25, 0.3) is 22.6 Å². The van der Waals surface area contributed by atoms with E-state index in [4.69, 9.17) is 4.42 Å². The van der Waals surface area contributed by atoms with Crippen molar-refractivity contribution in [3.8, 4) is 11.6 Å². The lowest BCUT2D eigenvalue weighted by atomic mass is 10.1. The Labute approximate surface area is 105 Å². The minimum atomic E-state index is 0.663. The molecule has 92 valence electrons. The highest BCUT2D eigenvalue weighted by molar-refractivity contribution is 5.82. The van der Waals surface area contributed by atoms with Gasteiger partial charge in [0.25, 0.3) is 0 Å². The first kappa shape index (κ1) is 11.0. The number of benzene rings is 1. The summed E-state index contributed by atoms with van der Waals surface area (Å²) in [5.74, 6) is 2.13. The van der Waals surface area contributed by atoms with Gasteiger partial charge in [-0.05, 0) is 38.0 Å². The van der Waals surface area contributed by atoms with Crippen molar-refractivity contribution in [1.29, 1.82) is 0 Å². The molecule has 0 aliphatic heterocycles. The number of aryl methyl sites for hydroxylation is 4. The van der Waals surface area contributed by atoms with E-state index in [0.29, 0.717) is 5.89 Å². The van der Waals surface area contributed by atoms with Crippen molar-refractivity contribution in [2.45, 2.75) is 27.7 Å². The molecule has 0 atom stereocenters. The normalized spacial score (nSPS) is 11.3. The third-order valence-corrected chi connectivity index (χ3v) is 3.04. The van der Waals surface area contributed by atoms with E-state index in [-0.39, 0.29) is 0 Å². The van der Waals surface area contributed by atoms with Crippen LogP contribution in [0.3, 0.4) is 0 Å². The molecular weight excluding hydrogens is 226 g/mol. The number of aromatic nitrogens is 3. The summed E-state index contributed by atoms with van der Waals surface area (Å²) < 4.78 is 5.60. The maximum Gasteiger partial charge on any atom is 0.192 e. The number of oxazole rings is 1. The number of aromatic amines is 1. The molecule has 3 aromatic rings. The lowest BCUT2D eigenvalue weighted by molar-refractivity contribution is 0.531. The fourth-order valence-corrected chi connectivity index (χ4v) is 2.33. The van der Waals surface area contributed by atoms with Gasteiger partial charge < -0.3 is 9.40 Å². The van der Waals surface area contributed by atoms with Crippen LogP contribution >= 0.6 is 0 Å². The largest absolute Gasteiger partial charge is 0.437 e. The maximum absolute atomic E-state index is 5.60. The number of H-pyrrole nitrogens is 1. The predicted molar refractivity (Wildman–Crippen MR) is 70.5 cm³/mol. The van der Waals surface area contributed by atoms with Crippen molar-refractivity contribution in [1.82, 2.24) is 15.0 Å². The molecule has 0 aliphatic carbocycles. The van der Waals surface area contributed by atoms with Crippen molar-refractivity contribution < 1.29 is 4.42 Å². The molecular formula is C14H15N3O. The van der Waals surface area contributed by atoms with Gasteiger partial charge in [0.05, 0.1) is 16.7 Å². The highest BCUT2D eigenvalue weighted by Gasteiger charge is 2.14. The first-order valence-electron chi connectivity index (χ1n) is 5.96. The highest BCUT2D eigenvalue weighted by Crippen LogP contribution is 2.26. The summed E-state index contributed by atoms with van der Waals surface area (Å²) >= 11 is 0. The van der Waals surface area contributed by atoms with Gasteiger partial charge in [-0.2, -0.15) is 0 Å². The molecule has 4 heteroatoms. The molecule has 0 saturated carbocycles. The molecule has 4 nitrogen and oxygen atoms in total. The summed E-state index contributed by atoms with van der Waals surface area (Å²) in [5, 5.41) is 0. The number of hydrogen-bond acceptors (Lipinski definition) is 3. The van der Waals surface area contributed by atoms with Crippen LogP contribution < -0.4 is 0 Å². The molecule has 0 amide bonds. The number of nitrogens with one attached hydrogen (secondary N) is 1. The molecule has 0 saturated heterocycles. The third kappa shape index (κ3) is 1.61. The summed E-state index contributed by atoms with van der Waals surface area (Å²) in [5.41, 5.74) is 5.28.